The van der Waals surface area contributed by atoms with E-state index in [1.54, 1.807) is 18.2 Å². The number of benzene rings is 1. The number of hydrogen-bond acceptors (Lipinski definition) is 3. The van der Waals surface area contributed by atoms with Crippen LogP contribution in [0.3, 0.4) is 0 Å². The van der Waals surface area contributed by atoms with Crippen molar-refractivity contribution >= 4 is 15.7 Å². The van der Waals surface area contributed by atoms with Gasteiger partial charge in [-0.1, -0.05) is 12.1 Å². The van der Waals surface area contributed by atoms with Gasteiger partial charge in [0.25, 0.3) is 0 Å². The summed E-state index contributed by atoms with van der Waals surface area (Å²) in [6, 6.07) is 6.39. The van der Waals surface area contributed by atoms with Gasteiger partial charge in [0.1, 0.15) is 4.90 Å². The van der Waals surface area contributed by atoms with Crippen LogP contribution in [-0.4, -0.2) is 15.0 Å². The first-order chi connectivity index (χ1) is 8.08. The molecule has 5 heteroatoms. The number of unbranched alkanes of at least 4 members (excludes halogenated alkanes) is 2. The van der Waals surface area contributed by atoms with Crippen molar-refractivity contribution in [1.29, 1.82) is 0 Å². The molecule has 0 saturated heterocycles. The Labute approximate surface area is 102 Å². The average molecular weight is 252 g/mol. The normalized spacial score (nSPS) is 11.0. The Morgan fingerprint density at radius 2 is 2.00 bits per heavy atom. The second-order valence-electron chi connectivity index (χ2n) is 3.60. The van der Waals surface area contributed by atoms with E-state index in [2.05, 4.69) is 10.6 Å². The molecule has 17 heavy (non-hydrogen) atoms. The minimum absolute atomic E-state index is 0.122. The van der Waals surface area contributed by atoms with Gasteiger partial charge < -0.3 is 5.73 Å². The molecule has 0 aliphatic carbocycles. The maximum Gasteiger partial charge on any atom is 0.242 e. The number of para-hydroxylation sites is 1. The summed E-state index contributed by atoms with van der Waals surface area (Å²) in [5, 5.41) is 0. The quantitative estimate of drug-likeness (QED) is 0.456. The topological polar surface area (TPSA) is 72.2 Å². The molecule has 0 aliphatic heterocycles. The summed E-state index contributed by atoms with van der Waals surface area (Å²) >= 11 is 0. The molecule has 0 spiro atoms. The average Bonchev–Trinajstić information content (AvgIpc) is 2.29. The van der Waals surface area contributed by atoms with E-state index in [9.17, 15) is 8.42 Å². The lowest BCUT2D eigenvalue weighted by atomic mass is 10.2. The molecule has 0 amide bonds. The minimum Gasteiger partial charge on any atom is -0.398 e. The predicted molar refractivity (Wildman–Crippen MR) is 68.7 cm³/mol. The standard InChI is InChI=1S/C12H16N2O2S/c1-2-3-4-7-10-14-17(15,16)12-9-6-5-8-11(12)13/h1,5-6,8-9,14H,3-4,7,10,13H2. The number of nitrogen functional groups attached to an aromatic ring is 1. The highest BCUT2D eigenvalue weighted by molar-refractivity contribution is 7.89. The van der Waals surface area contributed by atoms with Crippen LogP contribution >= 0.6 is 0 Å². The molecular weight excluding hydrogens is 236 g/mol. The van der Waals surface area contributed by atoms with Gasteiger partial charge in [0.05, 0.1) is 5.69 Å². The second kappa shape index (κ2) is 6.28. The van der Waals surface area contributed by atoms with E-state index in [0.717, 1.165) is 12.8 Å². The molecule has 3 N–H and O–H groups in total. The van der Waals surface area contributed by atoms with Gasteiger partial charge in [-0.25, -0.2) is 13.1 Å². The summed E-state index contributed by atoms with van der Waals surface area (Å²) in [5.74, 6) is 2.51. The number of anilines is 1. The van der Waals surface area contributed by atoms with Crippen molar-refractivity contribution in [3.8, 4) is 12.3 Å². The van der Waals surface area contributed by atoms with Crippen molar-refractivity contribution in [2.75, 3.05) is 12.3 Å². The summed E-state index contributed by atoms with van der Waals surface area (Å²) in [7, 11) is -3.50. The van der Waals surface area contributed by atoms with Crippen molar-refractivity contribution in [1.82, 2.24) is 4.72 Å². The fourth-order valence-electron chi connectivity index (χ4n) is 1.36. The molecule has 0 saturated carbocycles. The Hall–Kier alpha value is -1.51. The third-order valence-corrected chi connectivity index (χ3v) is 3.78. The molecule has 1 aromatic rings. The largest absolute Gasteiger partial charge is 0.398 e. The first-order valence-corrected chi connectivity index (χ1v) is 6.84. The predicted octanol–water partition coefficient (Wildman–Crippen LogP) is 1.35. The highest BCUT2D eigenvalue weighted by atomic mass is 32.2. The van der Waals surface area contributed by atoms with Crippen LogP contribution in [0.15, 0.2) is 29.2 Å². The summed E-state index contributed by atoms with van der Waals surface area (Å²) in [6.45, 7) is 0.373. The van der Waals surface area contributed by atoms with Crippen molar-refractivity contribution in [3.05, 3.63) is 24.3 Å². The highest BCUT2D eigenvalue weighted by Gasteiger charge is 2.15. The summed E-state index contributed by atoms with van der Waals surface area (Å²) in [6.07, 6.45) is 7.29. The van der Waals surface area contributed by atoms with Crippen LogP contribution < -0.4 is 10.5 Å². The molecule has 0 aliphatic rings. The second-order valence-corrected chi connectivity index (χ2v) is 5.33. The third kappa shape index (κ3) is 4.10. The fourth-order valence-corrected chi connectivity index (χ4v) is 2.57. The summed E-state index contributed by atoms with van der Waals surface area (Å²) in [4.78, 5) is 0.122. The van der Waals surface area contributed by atoms with Gasteiger partial charge in [0, 0.05) is 13.0 Å². The van der Waals surface area contributed by atoms with Crippen LogP contribution in [0.25, 0.3) is 0 Å². The van der Waals surface area contributed by atoms with Crippen LogP contribution in [0, 0.1) is 12.3 Å². The molecule has 0 heterocycles. The number of nitrogens with two attached hydrogens (primary N) is 1. The lowest BCUT2D eigenvalue weighted by Crippen LogP contribution is -2.25. The number of hydrogen-bond donors (Lipinski definition) is 2. The number of nitrogens with one attached hydrogen (secondary N) is 1. The first-order valence-electron chi connectivity index (χ1n) is 5.35. The van der Waals surface area contributed by atoms with Gasteiger partial charge >= 0.3 is 0 Å². The van der Waals surface area contributed by atoms with E-state index < -0.39 is 10.0 Å². The van der Waals surface area contributed by atoms with Crippen molar-refractivity contribution in [2.24, 2.45) is 0 Å². The Kier molecular flexibility index (Phi) is 5.01. The smallest absolute Gasteiger partial charge is 0.242 e. The van der Waals surface area contributed by atoms with Gasteiger partial charge in [-0.15, -0.1) is 12.3 Å². The van der Waals surface area contributed by atoms with E-state index in [-0.39, 0.29) is 10.6 Å². The molecule has 0 bridgehead atoms. The summed E-state index contributed by atoms with van der Waals surface area (Å²) < 4.78 is 26.2. The van der Waals surface area contributed by atoms with Crippen LogP contribution in [0.1, 0.15) is 19.3 Å². The van der Waals surface area contributed by atoms with Crippen molar-refractivity contribution in [3.63, 3.8) is 0 Å². The van der Waals surface area contributed by atoms with Crippen molar-refractivity contribution in [2.45, 2.75) is 24.2 Å². The lowest BCUT2D eigenvalue weighted by molar-refractivity contribution is 0.578. The molecule has 1 rings (SSSR count). The maximum atomic E-state index is 11.9. The molecule has 1 aromatic carbocycles. The molecule has 4 nitrogen and oxygen atoms in total. The van der Waals surface area contributed by atoms with E-state index >= 15 is 0 Å². The maximum absolute atomic E-state index is 11.9. The van der Waals surface area contributed by atoms with E-state index in [0.29, 0.717) is 13.0 Å². The molecule has 92 valence electrons. The lowest BCUT2D eigenvalue weighted by Gasteiger charge is -2.08. The Balaban J connectivity index is 2.59. The Morgan fingerprint density at radius 3 is 2.65 bits per heavy atom. The number of rotatable bonds is 6. The van der Waals surface area contributed by atoms with E-state index in [1.165, 1.54) is 6.07 Å². The molecule has 0 aromatic heterocycles. The van der Waals surface area contributed by atoms with Crippen molar-refractivity contribution < 1.29 is 8.42 Å². The summed E-state index contributed by atoms with van der Waals surface area (Å²) in [5.41, 5.74) is 5.87. The SMILES string of the molecule is C#CCCCCNS(=O)(=O)c1ccccc1N. The van der Waals surface area contributed by atoms with Crippen LogP contribution in [0.2, 0.25) is 0 Å². The Morgan fingerprint density at radius 1 is 1.29 bits per heavy atom. The van der Waals surface area contributed by atoms with Gasteiger partial charge in [-0.3, -0.25) is 0 Å². The van der Waals surface area contributed by atoms with Gasteiger partial charge in [-0.2, -0.15) is 0 Å². The van der Waals surface area contributed by atoms with Gasteiger partial charge in [0.15, 0.2) is 0 Å². The zero-order valence-electron chi connectivity index (χ0n) is 9.52. The molecule has 0 unspecified atom stereocenters. The first kappa shape index (κ1) is 13.6. The minimum atomic E-state index is -3.50. The zero-order valence-corrected chi connectivity index (χ0v) is 10.3. The molecular formula is C12H16N2O2S. The zero-order chi connectivity index (χ0) is 12.7. The monoisotopic (exact) mass is 252 g/mol. The number of sulfonamides is 1. The fraction of sp³-hybridized carbons (Fsp3) is 0.333. The molecule has 0 atom stereocenters. The third-order valence-electron chi connectivity index (χ3n) is 2.25. The van der Waals surface area contributed by atoms with Crippen LogP contribution in [0.4, 0.5) is 5.69 Å². The highest BCUT2D eigenvalue weighted by Crippen LogP contribution is 2.16. The number of terminal acetylenes is 1. The van der Waals surface area contributed by atoms with Gasteiger partial charge in [-0.05, 0) is 25.0 Å². The molecule has 0 fully saturated rings. The van der Waals surface area contributed by atoms with Gasteiger partial charge in [0.2, 0.25) is 10.0 Å². The van der Waals surface area contributed by atoms with E-state index in [4.69, 9.17) is 12.2 Å². The van der Waals surface area contributed by atoms with E-state index in [1.807, 2.05) is 0 Å². The van der Waals surface area contributed by atoms with Crippen LogP contribution in [0.5, 0.6) is 0 Å². The molecule has 0 radical (unpaired) electrons. The van der Waals surface area contributed by atoms with Crippen LogP contribution in [-0.2, 0) is 10.0 Å². The Bertz CT molecular complexity index is 503.